The number of likely N-dealkylation sites (tertiary alicyclic amines) is 1. The molecule has 1 aromatic carbocycles. The second-order valence-electron chi connectivity index (χ2n) is 6.62. The monoisotopic (exact) mass is 380 g/mol. The number of nitrogens with one attached hydrogen (secondary N) is 1. The van der Waals surface area contributed by atoms with Crippen molar-refractivity contribution in [1.82, 2.24) is 10.2 Å². The zero-order chi connectivity index (χ0) is 18.2. The molecule has 25 heavy (non-hydrogen) atoms. The second-order valence-corrected chi connectivity index (χ2v) is 9.10. The number of ether oxygens (including phenoxy) is 1. The second kappa shape index (κ2) is 10.4. The number of rotatable bonds is 9. The molecule has 1 saturated heterocycles. The fraction of sp³-hybridized carbons (Fsp3) is 0.611. The molecular formula is C18H29AlN2O3S. The molecule has 0 bridgehead atoms. The van der Waals surface area contributed by atoms with Crippen molar-refractivity contribution in [2.45, 2.75) is 43.2 Å². The van der Waals surface area contributed by atoms with Gasteiger partial charge in [0.05, 0.1) is 23.4 Å². The van der Waals surface area contributed by atoms with E-state index in [4.69, 9.17) is 4.74 Å². The van der Waals surface area contributed by atoms with Gasteiger partial charge in [-0.2, -0.15) is 0 Å². The van der Waals surface area contributed by atoms with Crippen LogP contribution in [0, 0.1) is 0 Å². The lowest BCUT2D eigenvalue weighted by atomic mass is 10.1. The summed E-state index contributed by atoms with van der Waals surface area (Å²) >= 11 is 0.488. The Kier molecular flexibility index (Phi) is 8.61. The predicted molar refractivity (Wildman–Crippen MR) is 104 cm³/mol. The van der Waals surface area contributed by atoms with Crippen LogP contribution in [-0.2, 0) is 15.5 Å². The first kappa shape index (κ1) is 20.6. The van der Waals surface area contributed by atoms with E-state index in [1.165, 1.54) is 6.42 Å². The van der Waals surface area contributed by atoms with Crippen molar-refractivity contribution in [3.8, 4) is 0 Å². The van der Waals surface area contributed by atoms with Crippen LogP contribution in [0.1, 0.15) is 37.8 Å². The standard InChI is InChI=1S/C18H27N2O3S.Al.2H/c1-3-11-24(22)17-8-6-15(7-9-17)18(19-14-21)12-20-10-4-5-16(20)13-23-2;;;/h6-9,16,18H,3-5,10-13H2,1-2H3,(H,19,21);;;. The smallest absolute Gasteiger partial charge is 0.354 e. The highest BCUT2D eigenvalue weighted by molar-refractivity contribution is 7.85. The lowest BCUT2D eigenvalue weighted by Gasteiger charge is -2.29. The Hall–Kier alpha value is -0.708. The molecule has 0 spiro atoms. The van der Waals surface area contributed by atoms with Gasteiger partial charge < -0.3 is 10.1 Å². The van der Waals surface area contributed by atoms with Crippen LogP contribution in [0.15, 0.2) is 29.2 Å². The van der Waals surface area contributed by atoms with Crippen LogP contribution in [0.3, 0.4) is 0 Å². The van der Waals surface area contributed by atoms with Gasteiger partial charge in [0.15, 0.2) is 0 Å². The van der Waals surface area contributed by atoms with Crippen molar-refractivity contribution in [2.75, 3.05) is 32.6 Å². The van der Waals surface area contributed by atoms with E-state index in [0.717, 1.165) is 43.0 Å². The Bertz CT molecular complexity index is 582. The fourth-order valence-electron chi connectivity index (χ4n) is 3.39. The number of carbonyl (C=O) groups excluding carboxylic acids is 1. The van der Waals surface area contributed by atoms with Crippen molar-refractivity contribution in [3.63, 3.8) is 0 Å². The topological polar surface area (TPSA) is 58.6 Å². The van der Waals surface area contributed by atoms with E-state index in [0.29, 0.717) is 28.1 Å². The maximum atomic E-state index is 12.1. The van der Waals surface area contributed by atoms with Gasteiger partial charge in [0.25, 0.3) is 0 Å². The van der Waals surface area contributed by atoms with Crippen LogP contribution < -0.4 is 5.32 Å². The van der Waals surface area contributed by atoms with Crippen molar-refractivity contribution < 1.29 is 13.7 Å². The van der Waals surface area contributed by atoms with Crippen molar-refractivity contribution in [1.29, 1.82) is 0 Å². The molecule has 1 heterocycles. The van der Waals surface area contributed by atoms with Gasteiger partial charge in [-0.15, -0.1) is 0 Å². The highest BCUT2D eigenvalue weighted by Crippen LogP contribution is 2.23. The van der Waals surface area contributed by atoms with E-state index in [-0.39, 0.29) is 10.8 Å². The summed E-state index contributed by atoms with van der Waals surface area (Å²) in [4.78, 5) is 15.0. The third-order valence-electron chi connectivity index (χ3n) is 4.59. The first-order valence-electron chi connectivity index (χ1n) is 9.03. The fourth-order valence-corrected chi connectivity index (χ4v) is 4.78. The molecule has 0 saturated carbocycles. The minimum Gasteiger partial charge on any atom is -0.383 e. The first-order valence-corrected chi connectivity index (χ1v) is 11.4. The Morgan fingerprint density at radius 2 is 2.16 bits per heavy atom. The average molecular weight is 380 g/mol. The number of benzene rings is 1. The number of hydrogen-bond donors (Lipinski definition) is 1. The molecule has 1 aliphatic heterocycles. The van der Waals surface area contributed by atoms with E-state index >= 15 is 0 Å². The molecule has 0 radical (unpaired) electrons. The maximum Gasteiger partial charge on any atom is 0.354 e. The number of carbonyl (C=O) groups is 1. The minimum atomic E-state index is -0.935. The van der Waals surface area contributed by atoms with Gasteiger partial charge in [0.1, 0.15) is 4.77 Å². The summed E-state index contributed by atoms with van der Waals surface area (Å²) < 4.78 is 17.6. The molecule has 3 unspecified atom stereocenters. The quantitative estimate of drug-likeness (QED) is 0.663. The summed E-state index contributed by atoms with van der Waals surface area (Å²) in [7, 11) is 0.803. The van der Waals surface area contributed by atoms with Gasteiger partial charge in [-0.25, -0.2) is 0 Å². The predicted octanol–water partition coefficient (Wildman–Crippen LogP) is 1.70. The lowest BCUT2D eigenvalue weighted by molar-refractivity contribution is 0.110. The Morgan fingerprint density at radius 1 is 1.44 bits per heavy atom. The zero-order valence-electron chi connectivity index (χ0n) is 15.5. The average Bonchev–Trinajstić information content (AvgIpc) is 3.02. The summed E-state index contributed by atoms with van der Waals surface area (Å²) in [6, 6.07) is 8.28. The van der Waals surface area contributed by atoms with Crippen LogP contribution >= 0.6 is 0 Å². The number of hydrogen-bond acceptors (Lipinski definition) is 4. The molecule has 1 aliphatic rings. The first-order chi connectivity index (χ1) is 12.0. The molecule has 5 nitrogen and oxygen atoms in total. The molecule has 1 aromatic rings. The molecular weight excluding hydrogens is 351 g/mol. The number of nitrogens with zero attached hydrogens (tertiary/aromatic N) is 1. The molecule has 2 rings (SSSR count). The highest BCUT2D eigenvalue weighted by Gasteiger charge is 2.27. The van der Waals surface area contributed by atoms with Gasteiger partial charge in [0.2, 0.25) is 0 Å². The van der Waals surface area contributed by atoms with E-state index in [1.807, 2.05) is 31.2 Å². The van der Waals surface area contributed by atoms with Gasteiger partial charge in [0, 0.05) is 30.3 Å². The third kappa shape index (κ3) is 6.19. The third-order valence-corrected chi connectivity index (χ3v) is 6.45. The minimum absolute atomic E-state index is 0.0314. The molecule has 1 fully saturated rings. The Labute approximate surface area is 161 Å². The van der Waals surface area contributed by atoms with Gasteiger partial charge in [-0.3, -0.25) is 13.9 Å². The summed E-state index contributed by atoms with van der Waals surface area (Å²) in [5.41, 5.74) is 1.07. The molecule has 0 aliphatic carbocycles. The molecule has 7 heteroatoms. The normalized spacial score (nSPS) is 20.3. The van der Waals surface area contributed by atoms with Crippen molar-refractivity contribution >= 4 is 31.9 Å². The lowest BCUT2D eigenvalue weighted by Crippen LogP contribution is -2.41. The summed E-state index contributed by atoms with van der Waals surface area (Å²) in [6.45, 7) is 4.60. The van der Waals surface area contributed by atoms with E-state index in [1.54, 1.807) is 7.11 Å². The van der Waals surface area contributed by atoms with E-state index in [9.17, 15) is 9.00 Å². The molecule has 1 N–H and O–H groups in total. The van der Waals surface area contributed by atoms with E-state index in [2.05, 4.69) is 10.2 Å². The number of methoxy groups -OCH3 is 1. The molecule has 0 aromatic heterocycles. The van der Waals surface area contributed by atoms with Gasteiger partial charge in [-0.1, -0.05) is 19.1 Å². The van der Waals surface area contributed by atoms with Crippen LogP contribution in [0.5, 0.6) is 0 Å². The molecule has 138 valence electrons. The van der Waals surface area contributed by atoms with Gasteiger partial charge in [-0.05, 0) is 43.5 Å². The number of amides is 1. The van der Waals surface area contributed by atoms with Crippen molar-refractivity contribution in [2.24, 2.45) is 0 Å². The van der Waals surface area contributed by atoms with Crippen LogP contribution in [0.25, 0.3) is 0 Å². The summed E-state index contributed by atoms with van der Waals surface area (Å²) in [5, 5.41) is 3.12. The molecule has 3 atom stereocenters. The van der Waals surface area contributed by atoms with Crippen LogP contribution in [0.2, 0.25) is 0 Å². The van der Waals surface area contributed by atoms with Crippen LogP contribution in [-0.4, -0.2) is 68.8 Å². The Balaban J connectivity index is 2.11. The van der Waals surface area contributed by atoms with Crippen LogP contribution in [0.4, 0.5) is 4.79 Å². The SMILES string of the molecule is CCCS(=O)c1ccc(C(CN2CCCC2COC)N[C](=O)[AlH2])cc1. The summed E-state index contributed by atoms with van der Waals surface area (Å²) in [6.07, 6.45) is 3.22. The Morgan fingerprint density at radius 3 is 2.76 bits per heavy atom. The largest absolute Gasteiger partial charge is 0.383 e. The molecule has 1 amide bonds. The van der Waals surface area contributed by atoms with E-state index < -0.39 is 10.8 Å². The summed E-state index contributed by atoms with van der Waals surface area (Å²) in [5.74, 6) is 0.687. The van der Waals surface area contributed by atoms with Crippen molar-refractivity contribution in [3.05, 3.63) is 29.8 Å². The van der Waals surface area contributed by atoms with Gasteiger partial charge >= 0.3 is 16.3 Å². The zero-order valence-corrected chi connectivity index (χ0v) is 18.3. The maximum absolute atomic E-state index is 12.1. The highest BCUT2D eigenvalue weighted by atomic mass is 32.2.